The van der Waals surface area contributed by atoms with Gasteiger partial charge >= 0.3 is 0 Å². The quantitative estimate of drug-likeness (QED) is 0.0679. The molecule has 2 aromatic rings. The average Bonchev–Trinajstić information content (AvgIpc) is 3.10. The third-order valence-corrected chi connectivity index (χ3v) is 7.74. The summed E-state index contributed by atoms with van der Waals surface area (Å²) < 4.78 is 32.7. The second-order valence-corrected chi connectivity index (χ2v) is 11.1. The zero-order valence-electron chi connectivity index (χ0n) is 26.4. The van der Waals surface area contributed by atoms with Crippen molar-refractivity contribution < 1.29 is 79.2 Å². The monoisotopic (exact) mass is 692 g/mol. The van der Waals surface area contributed by atoms with Gasteiger partial charge in [-0.05, 0) is 47.5 Å². The Balaban J connectivity index is 1.37. The van der Waals surface area contributed by atoms with Gasteiger partial charge in [0, 0.05) is 6.08 Å². The Morgan fingerprint density at radius 1 is 0.653 bits per heavy atom. The van der Waals surface area contributed by atoms with Crippen LogP contribution >= 0.6 is 0 Å². The lowest BCUT2D eigenvalue weighted by Crippen LogP contribution is -2.60. The molecule has 0 bridgehead atoms. The number of hydrogen-bond donors (Lipinski definition) is 9. The minimum absolute atomic E-state index is 0.114. The molecule has 0 saturated carbocycles. The molecule has 0 aromatic heterocycles. The van der Waals surface area contributed by atoms with Crippen molar-refractivity contribution in [2.45, 2.75) is 61.4 Å². The van der Waals surface area contributed by atoms with E-state index in [0.29, 0.717) is 11.1 Å². The van der Waals surface area contributed by atoms with Crippen molar-refractivity contribution in [3.63, 3.8) is 0 Å². The SMILES string of the molecule is COc1cc(/C=C/C(=O)C=C(O)/C=C/c2ccc(O[C@@H]3O[C@H](CO)[C@@H](O)[C@H](O)[C@H]3O)c(OC)c2)ccc1O[C@@H]1O[C@H](CO)[C@@H](O)[C@H](O)[C@H]1O. The number of carbonyl (C=O) groups excluding carboxylic acids is 1. The van der Waals surface area contributed by atoms with Gasteiger partial charge in [-0.2, -0.15) is 0 Å². The Morgan fingerprint density at radius 2 is 1.08 bits per heavy atom. The summed E-state index contributed by atoms with van der Waals surface area (Å²) in [7, 11) is 2.72. The standard InChI is InChI=1S/C33H40O16/c1-44-22-11-16(5-9-20(22)46-32-30(42)28(40)26(38)24(14-34)48-32)3-7-18(36)13-19(37)8-4-17-6-10-21(23(12-17)45-2)47-33-31(43)29(41)27(39)25(15-35)49-33/h3-13,24-36,38-43H,14-15H2,1-2H3/b7-3+,8-4+,18-13?/t24-,25-,26-,27-,28+,29+,30-,31-,32-,33-/m1/s1. The molecular formula is C33H40O16. The van der Waals surface area contributed by atoms with Crippen molar-refractivity contribution >= 4 is 17.9 Å². The number of ketones is 1. The lowest BCUT2D eigenvalue weighted by Gasteiger charge is -2.39. The Morgan fingerprint density at radius 3 is 1.49 bits per heavy atom. The lowest BCUT2D eigenvalue weighted by molar-refractivity contribution is -0.277. The molecule has 2 aliphatic rings. The summed E-state index contributed by atoms with van der Waals surface area (Å²) in [5, 5.41) is 89.5. The van der Waals surface area contributed by atoms with Crippen LogP contribution in [0, 0.1) is 0 Å². The molecule has 16 heteroatoms. The predicted molar refractivity (Wildman–Crippen MR) is 169 cm³/mol. The van der Waals surface area contributed by atoms with Crippen LogP contribution in [0.1, 0.15) is 11.1 Å². The number of ether oxygens (including phenoxy) is 6. The van der Waals surface area contributed by atoms with E-state index < -0.39 is 80.4 Å². The van der Waals surface area contributed by atoms with Crippen LogP contribution in [-0.2, 0) is 14.3 Å². The maximum absolute atomic E-state index is 12.5. The maximum Gasteiger partial charge on any atom is 0.229 e. The molecular weight excluding hydrogens is 652 g/mol. The molecule has 2 aliphatic heterocycles. The van der Waals surface area contributed by atoms with Crippen molar-refractivity contribution in [1.29, 1.82) is 0 Å². The van der Waals surface area contributed by atoms with Crippen molar-refractivity contribution in [1.82, 2.24) is 0 Å². The fourth-order valence-corrected chi connectivity index (χ4v) is 4.95. The van der Waals surface area contributed by atoms with E-state index in [0.717, 1.165) is 6.08 Å². The van der Waals surface area contributed by atoms with Crippen LogP contribution in [0.4, 0.5) is 0 Å². The molecule has 0 radical (unpaired) electrons. The number of aliphatic hydroxyl groups excluding tert-OH is 9. The first-order valence-corrected chi connectivity index (χ1v) is 15.0. The largest absolute Gasteiger partial charge is 0.508 e. The second kappa shape index (κ2) is 17.0. The van der Waals surface area contributed by atoms with Crippen LogP contribution in [0.5, 0.6) is 23.0 Å². The number of carbonyl (C=O) groups is 1. The number of aliphatic hydroxyl groups is 9. The fourth-order valence-electron chi connectivity index (χ4n) is 4.95. The molecule has 10 atom stereocenters. The van der Waals surface area contributed by atoms with Crippen molar-refractivity contribution in [3.8, 4) is 23.0 Å². The van der Waals surface area contributed by atoms with Gasteiger partial charge in [0.2, 0.25) is 12.6 Å². The first kappa shape index (κ1) is 37.7. The molecule has 2 saturated heterocycles. The summed E-state index contributed by atoms with van der Waals surface area (Å²) in [6.45, 7) is -1.23. The van der Waals surface area contributed by atoms with Crippen molar-refractivity contribution in [2.75, 3.05) is 27.4 Å². The molecule has 9 N–H and O–H groups in total. The van der Waals surface area contributed by atoms with Gasteiger partial charge in [0.1, 0.15) is 54.6 Å². The summed E-state index contributed by atoms with van der Waals surface area (Å²) in [6, 6.07) is 9.13. The highest BCUT2D eigenvalue weighted by atomic mass is 16.7. The molecule has 0 spiro atoms. The van der Waals surface area contributed by atoms with Gasteiger partial charge in [-0.3, -0.25) is 4.79 Å². The normalized spacial score (nSPS) is 30.8. The van der Waals surface area contributed by atoms with Crippen molar-refractivity contribution in [2.24, 2.45) is 0 Å². The average molecular weight is 693 g/mol. The molecule has 2 heterocycles. The van der Waals surface area contributed by atoms with E-state index in [9.17, 15) is 50.8 Å². The highest BCUT2D eigenvalue weighted by Crippen LogP contribution is 2.34. The summed E-state index contributed by atoms with van der Waals surface area (Å²) >= 11 is 0. The number of allylic oxidation sites excluding steroid dienone is 3. The molecule has 4 rings (SSSR count). The first-order valence-electron chi connectivity index (χ1n) is 15.0. The Kier molecular flexibility index (Phi) is 13.1. The fraction of sp³-hybridized carbons (Fsp3) is 0.424. The molecule has 268 valence electrons. The highest BCUT2D eigenvalue weighted by molar-refractivity contribution is 6.02. The van der Waals surface area contributed by atoms with E-state index in [2.05, 4.69) is 0 Å². The maximum atomic E-state index is 12.5. The summed E-state index contributed by atoms with van der Waals surface area (Å²) in [5.41, 5.74) is 1.03. The van der Waals surface area contributed by atoms with Gasteiger partial charge in [0.05, 0.1) is 27.4 Å². The lowest BCUT2D eigenvalue weighted by atomic mass is 9.99. The van der Waals surface area contributed by atoms with Gasteiger partial charge in [-0.15, -0.1) is 0 Å². The smallest absolute Gasteiger partial charge is 0.229 e. The van der Waals surface area contributed by atoms with E-state index in [1.807, 2.05) is 0 Å². The van der Waals surface area contributed by atoms with Crippen LogP contribution in [0.25, 0.3) is 12.2 Å². The zero-order valence-corrected chi connectivity index (χ0v) is 26.4. The molecule has 0 aliphatic carbocycles. The van der Waals surface area contributed by atoms with E-state index in [-0.39, 0.29) is 28.8 Å². The topological polar surface area (TPSA) is 255 Å². The molecule has 2 fully saturated rings. The number of rotatable bonds is 13. The van der Waals surface area contributed by atoms with Gasteiger partial charge in [0.15, 0.2) is 28.8 Å². The molecule has 16 nitrogen and oxygen atoms in total. The Hall–Kier alpha value is -4.07. The minimum atomic E-state index is -1.62. The summed E-state index contributed by atoms with van der Waals surface area (Å²) in [6.07, 6.45) is -8.30. The van der Waals surface area contributed by atoms with Gasteiger partial charge in [-0.1, -0.05) is 24.3 Å². The van der Waals surface area contributed by atoms with E-state index in [1.165, 1.54) is 62.8 Å². The van der Waals surface area contributed by atoms with Crippen molar-refractivity contribution in [3.05, 3.63) is 71.5 Å². The third kappa shape index (κ3) is 9.14. The number of benzene rings is 2. The van der Waals surface area contributed by atoms with E-state index >= 15 is 0 Å². The van der Waals surface area contributed by atoms with Crippen LogP contribution in [0.15, 0.2) is 60.4 Å². The summed E-state index contributed by atoms with van der Waals surface area (Å²) in [4.78, 5) is 12.5. The minimum Gasteiger partial charge on any atom is -0.508 e. The molecule has 0 amide bonds. The second-order valence-electron chi connectivity index (χ2n) is 11.1. The van der Waals surface area contributed by atoms with E-state index in [1.54, 1.807) is 12.1 Å². The number of hydrogen-bond acceptors (Lipinski definition) is 16. The van der Waals surface area contributed by atoms with Crippen LogP contribution in [0.2, 0.25) is 0 Å². The zero-order chi connectivity index (χ0) is 35.8. The Labute approximate surface area is 280 Å². The Bertz CT molecular complexity index is 1500. The third-order valence-electron chi connectivity index (χ3n) is 7.74. The first-order chi connectivity index (χ1) is 23.4. The summed E-state index contributed by atoms with van der Waals surface area (Å²) in [5.74, 6) is -0.299. The van der Waals surface area contributed by atoms with Gasteiger partial charge in [0.25, 0.3) is 0 Å². The van der Waals surface area contributed by atoms with Gasteiger partial charge < -0.3 is 74.4 Å². The predicted octanol–water partition coefficient (Wildman–Crippen LogP) is -1.20. The number of methoxy groups -OCH3 is 2. The van der Waals surface area contributed by atoms with Crippen LogP contribution < -0.4 is 18.9 Å². The van der Waals surface area contributed by atoms with Crippen LogP contribution in [-0.4, -0.2) is 141 Å². The van der Waals surface area contributed by atoms with Gasteiger partial charge in [-0.25, -0.2) is 0 Å². The highest BCUT2D eigenvalue weighted by Gasteiger charge is 2.46. The molecule has 0 unspecified atom stereocenters. The van der Waals surface area contributed by atoms with E-state index in [4.69, 9.17) is 28.4 Å². The molecule has 49 heavy (non-hydrogen) atoms. The van der Waals surface area contributed by atoms with Crippen LogP contribution in [0.3, 0.4) is 0 Å². The molecule has 2 aromatic carbocycles.